The quantitative estimate of drug-likeness (QED) is 0.127. The molecule has 0 saturated carbocycles. The van der Waals surface area contributed by atoms with Gasteiger partial charge in [-0.1, -0.05) is 102 Å². The Hall–Kier alpha value is -0.500. The zero-order chi connectivity index (χ0) is 40.2. The molecule has 1 aliphatic rings. The van der Waals surface area contributed by atoms with E-state index >= 15 is 0 Å². The van der Waals surface area contributed by atoms with E-state index in [1.807, 2.05) is 0 Å². The molecule has 282 valence electrons. The summed E-state index contributed by atoms with van der Waals surface area (Å²) >= 11 is 107. The van der Waals surface area contributed by atoms with Crippen LogP contribution in [0.4, 0.5) is 11.4 Å². The van der Waals surface area contributed by atoms with Crippen LogP contribution < -0.4 is 5.32 Å². The Morgan fingerprint density at radius 1 is 0.400 bits per heavy atom. The fourth-order valence-electron chi connectivity index (χ4n) is 5.81. The van der Waals surface area contributed by atoms with Crippen LogP contribution >= 0.6 is 186 Å². The normalized spacial score (nSPS) is 12.9. The van der Waals surface area contributed by atoms with Crippen molar-refractivity contribution >= 4 is 203 Å². The Morgan fingerprint density at radius 2 is 0.673 bits per heavy atom. The molecule has 0 radical (unpaired) electrons. The molecule has 0 bridgehead atoms. The number of hydrogen-bond donors (Lipinski definition) is 1. The first-order valence-corrected chi connectivity index (χ1v) is 21.0. The molecule has 5 aromatic rings. The zero-order valence-corrected chi connectivity index (χ0v) is 38.6. The first-order valence-electron chi connectivity index (χ1n) is 15.0. The van der Waals surface area contributed by atoms with Gasteiger partial charge in [0.05, 0.1) is 88.6 Å². The molecule has 1 nitrogen and oxygen atoms in total. The van der Waals surface area contributed by atoms with E-state index in [0.29, 0.717) is 76.7 Å². The highest BCUT2D eigenvalue weighted by molar-refractivity contribution is 6.47. The van der Waals surface area contributed by atoms with Crippen molar-refractivity contribution in [2.75, 3.05) is 5.32 Å². The third kappa shape index (κ3) is 9.30. The fourth-order valence-corrected chi connectivity index (χ4v) is 11.2. The lowest BCUT2D eigenvalue weighted by Gasteiger charge is -2.29. The first-order chi connectivity index (χ1) is 25.9. The van der Waals surface area contributed by atoms with E-state index in [1.54, 1.807) is 24.3 Å². The van der Waals surface area contributed by atoms with Crippen molar-refractivity contribution in [3.8, 4) is 0 Å². The van der Waals surface area contributed by atoms with Gasteiger partial charge in [-0.3, -0.25) is 0 Å². The van der Waals surface area contributed by atoms with Gasteiger partial charge < -0.3 is 5.32 Å². The smallest absolute Gasteiger partial charge is 0.0976 e. The van der Waals surface area contributed by atoms with Gasteiger partial charge in [-0.2, -0.15) is 34.8 Å². The molecule has 0 saturated heterocycles. The van der Waals surface area contributed by atoms with Gasteiger partial charge in [0.15, 0.2) is 0 Å². The second-order valence-electron chi connectivity index (χ2n) is 11.5. The van der Waals surface area contributed by atoms with Gasteiger partial charge in [0.2, 0.25) is 0 Å². The maximum Gasteiger partial charge on any atom is 0.0976 e. The summed E-state index contributed by atoms with van der Waals surface area (Å²) < 4.78 is 0. The van der Waals surface area contributed by atoms with E-state index in [0.717, 1.165) is 0 Å². The van der Waals surface area contributed by atoms with Crippen LogP contribution in [0.2, 0.25) is 65.3 Å². The maximum atomic E-state index is 7.02. The highest BCUT2D eigenvalue weighted by Gasteiger charge is 2.37. The van der Waals surface area contributed by atoms with Crippen LogP contribution in [0.25, 0.3) is 5.57 Å². The molecule has 0 aromatic heterocycles. The van der Waals surface area contributed by atoms with E-state index in [4.69, 9.17) is 186 Å². The van der Waals surface area contributed by atoms with Crippen molar-refractivity contribution in [1.29, 1.82) is 0 Å². The molecule has 5 aromatic carbocycles. The van der Waals surface area contributed by atoms with Crippen molar-refractivity contribution in [2.24, 2.45) is 0 Å². The summed E-state index contributed by atoms with van der Waals surface area (Å²) in [4.78, 5) is 0. The summed E-state index contributed by atoms with van der Waals surface area (Å²) in [5, 5.41) is 6.60. The van der Waals surface area contributed by atoms with Crippen molar-refractivity contribution in [3.63, 3.8) is 0 Å². The van der Waals surface area contributed by atoms with Crippen molar-refractivity contribution in [2.45, 2.75) is 0 Å². The van der Waals surface area contributed by atoms with E-state index in [1.165, 1.54) is 48.6 Å². The fraction of sp³-hybridized carbons (Fsp3) is 0. The molecule has 0 fully saturated rings. The number of benzene rings is 5. The maximum absolute atomic E-state index is 7.02. The van der Waals surface area contributed by atoms with Crippen LogP contribution in [0.3, 0.4) is 0 Å². The standard InChI is InChI=1S/C38H13Cl16N/c39-13-1-19(43)31(20(44)2-13)37(32-21(45)3-14(40)4-22(32)46)35-27(51)9-17(10-28(35)52)55-18-11-29(53)36(30(54)12-18)38(33-23(47)5-15(41)6-24(33)48)34-25(49)7-16(42)8-26(34)50/h1-12,55H. The Morgan fingerprint density at radius 3 is 1.02 bits per heavy atom. The second-order valence-corrected chi connectivity index (χ2v) is 18.1. The van der Waals surface area contributed by atoms with E-state index in [2.05, 4.69) is 5.32 Å². The van der Waals surface area contributed by atoms with E-state index in [9.17, 15) is 0 Å². The summed E-state index contributed by atoms with van der Waals surface area (Å²) in [6.45, 7) is 0. The summed E-state index contributed by atoms with van der Waals surface area (Å²) in [7, 11) is 0. The van der Waals surface area contributed by atoms with E-state index in [-0.39, 0.29) is 60.3 Å². The van der Waals surface area contributed by atoms with Gasteiger partial charge in [0, 0.05) is 58.2 Å². The van der Waals surface area contributed by atoms with Crippen LogP contribution in [0.15, 0.2) is 88.5 Å². The number of nitrogens with one attached hydrogen (secondary N) is 1. The highest BCUT2D eigenvalue weighted by atomic mass is 35.5. The lowest BCUT2D eigenvalue weighted by Crippen LogP contribution is -2.10. The minimum atomic E-state index is 0.164. The third-order valence-corrected chi connectivity index (χ3v) is 12.4. The van der Waals surface area contributed by atoms with Crippen LogP contribution in [0.1, 0.15) is 27.8 Å². The molecule has 0 atom stereocenters. The molecule has 6 rings (SSSR count). The van der Waals surface area contributed by atoms with Crippen molar-refractivity contribution in [1.82, 2.24) is 0 Å². The SMILES string of the molecule is ClC1=C[C-](Cl)C=C(Cl)C1=C(c1c(Cl)cc(Cl)cc1Cl)c1c(Cl)cc(Nc2cc(Cl)c([C+](c3c(Cl)cc(Cl)cc3Cl)c3c(Cl)cc(Cl)cc3Cl)c(Cl)c2)cc1Cl. The molecule has 0 aliphatic heterocycles. The number of rotatable bonds is 7. The van der Waals surface area contributed by atoms with Crippen LogP contribution in [-0.2, 0) is 0 Å². The lowest BCUT2D eigenvalue weighted by atomic mass is 9.84. The Bertz CT molecular complexity index is 2310. The molecular formula is C38H13Cl16N. The first kappa shape index (κ1) is 44.1. The molecule has 0 unspecified atom stereocenters. The predicted molar refractivity (Wildman–Crippen MR) is 244 cm³/mol. The molecule has 1 aliphatic carbocycles. The van der Waals surface area contributed by atoms with Crippen molar-refractivity contribution < 1.29 is 0 Å². The van der Waals surface area contributed by atoms with Gasteiger partial charge in [-0.15, -0.1) is 12.2 Å². The Balaban J connectivity index is 1.48. The Labute approximate surface area is 396 Å². The molecule has 0 spiro atoms. The molecule has 0 heterocycles. The van der Waals surface area contributed by atoms with Crippen LogP contribution in [0, 0.1) is 11.3 Å². The lowest BCUT2D eigenvalue weighted by molar-refractivity contribution is 1.23. The molecule has 0 amide bonds. The topological polar surface area (TPSA) is 12.0 Å². The van der Waals surface area contributed by atoms with Crippen LogP contribution in [0.5, 0.6) is 0 Å². The molecule has 17 heteroatoms. The minimum Gasteiger partial charge on any atom is -0.355 e. The van der Waals surface area contributed by atoms with Gasteiger partial charge in [0.1, 0.15) is 0 Å². The minimum absolute atomic E-state index is 0.164. The number of anilines is 2. The zero-order valence-electron chi connectivity index (χ0n) is 26.5. The monoisotopic (exact) mass is 1040 g/mol. The summed E-state index contributed by atoms with van der Waals surface area (Å²) in [5.74, 6) is 0.331. The summed E-state index contributed by atoms with van der Waals surface area (Å²) in [6.07, 6.45) is 3.03. The molecular weight excluding hydrogens is 1040 g/mol. The average Bonchev–Trinajstić information content (AvgIpc) is 3.02. The summed E-state index contributed by atoms with van der Waals surface area (Å²) in [5.41, 5.74) is 3.14. The summed E-state index contributed by atoms with van der Waals surface area (Å²) in [6, 6.07) is 15.6. The van der Waals surface area contributed by atoms with E-state index < -0.39 is 0 Å². The van der Waals surface area contributed by atoms with Gasteiger partial charge in [0.25, 0.3) is 0 Å². The second kappa shape index (κ2) is 18.0. The number of hydrogen-bond acceptors (Lipinski definition) is 1. The third-order valence-electron chi connectivity index (χ3n) is 7.90. The number of allylic oxidation sites excluding steroid dienone is 5. The highest BCUT2D eigenvalue weighted by Crippen LogP contribution is 2.52. The molecule has 1 N–H and O–H groups in total. The van der Waals surface area contributed by atoms with Gasteiger partial charge in [-0.05, 0) is 99.4 Å². The Kier molecular flexibility index (Phi) is 14.4. The van der Waals surface area contributed by atoms with Gasteiger partial charge in [-0.25, -0.2) is 0 Å². The largest absolute Gasteiger partial charge is 0.355 e. The van der Waals surface area contributed by atoms with Crippen LogP contribution in [-0.4, -0.2) is 0 Å². The predicted octanol–water partition coefficient (Wildman–Crippen LogP) is 19.8. The van der Waals surface area contributed by atoms with Crippen molar-refractivity contribution in [3.05, 3.63) is 193 Å². The number of halogens is 16. The average molecular weight is 1050 g/mol. The van der Waals surface area contributed by atoms with Gasteiger partial charge >= 0.3 is 0 Å². The molecule has 55 heavy (non-hydrogen) atoms.